The highest BCUT2D eigenvalue weighted by molar-refractivity contribution is 14.0. The molecular formula is C20H29IN4O3S. The largest absolute Gasteiger partial charge is 0.497 e. The molecule has 0 aliphatic heterocycles. The van der Waals surface area contributed by atoms with Gasteiger partial charge in [0.05, 0.1) is 26.8 Å². The van der Waals surface area contributed by atoms with E-state index in [-0.39, 0.29) is 42.5 Å². The highest BCUT2D eigenvalue weighted by Gasteiger charge is 2.15. The van der Waals surface area contributed by atoms with Gasteiger partial charge in [-0.05, 0) is 36.6 Å². The Morgan fingerprint density at radius 2 is 2.00 bits per heavy atom. The number of nitrogens with zero attached hydrogens (tertiary/aromatic N) is 2. The minimum Gasteiger partial charge on any atom is -0.497 e. The molecule has 7 nitrogen and oxygen atoms in total. The van der Waals surface area contributed by atoms with Crippen LogP contribution in [0.2, 0.25) is 0 Å². The lowest BCUT2D eigenvalue weighted by Crippen LogP contribution is -2.39. The van der Waals surface area contributed by atoms with Gasteiger partial charge in [0.2, 0.25) is 5.91 Å². The van der Waals surface area contributed by atoms with Crippen LogP contribution in [0.3, 0.4) is 0 Å². The van der Waals surface area contributed by atoms with Crippen LogP contribution in [0.25, 0.3) is 0 Å². The molecule has 1 atom stereocenters. The van der Waals surface area contributed by atoms with Crippen molar-refractivity contribution in [2.75, 3.05) is 34.9 Å². The molecule has 1 unspecified atom stereocenters. The summed E-state index contributed by atoms with van der Waals surface area (Å²) >= 11 is 1.66. The zero-order chi connectivity index (χ0) is 20.5. The molecule has 0 saturated carbocycles. The van der Waals surface area contributed by atoms with Crippen molar-refractivity contribution in [3.63, 3.8) is 0 Å². The second-order valence-corrected chi connectivity index (χ2v) is 7.39. The van der Waals surface area contributed by atoms with Gasteiger partial charge in [0, 0.05) is 24.5 Å². The van der Waals surface area contributed by atoms with Crippen molar-refractivity contribution in [1.29, 1.82) is 0 Å². The molecule has 0 fully saturated rings. The molecule has 0 saturated heterocycles. The summed E-state index contributed by atoms with van der Waals surface area (Å²) in [6.07, 6.45) is 0. The Balaban J connectivity index is 0.00000420. The molecular weight excluding hydrogens is 503 g/mol. The standard InChI is InChI=1S/C20H28N4O3S.HI/c1-14(17-11-15(26-4)8-9-18(17)27-5)23-20(22-13-19(25)24(2)3)21-12-16-7-6-10-28-16;/h6-11,14H,12-13H2,1-5H3,(H2,21,22,23);1H. The first-order valence-corrected chi connectivity index (χ1v) is 9.81. The third-order valence-electron chi connectivity index (χ3n) is 4.14. The lowest BCUT2D eigenvalue weighted by molar-refractivity contribution is -0.127. The Kier molecular flexibility index (Phi) is 10.8. The predicted molar refractivity (Wildman–Crippen MR) is 129 cm³/mol. The first kappa shape index (κ1) is 25.0. The first-order chi connectivity index (χ1) is 13.4. The number of thiophene rings is 1. The van der Waals surface area contributed by atoms with Crippen molar-refractivity contribution < 1.29 is 14.3 Å². The average Bonchev–Trinajstić information content (AvgIpc) is 3.22. The number of likely N-dealkylation sites (N-methyl/N-ethyl adjacent to an activating group) is 1. The normalized spacial score (nSPS) is 11.8. The lowest BCUT2D eigenvalue weighted by atomic mass is 10.1. The summed E-state index contributed by atoms with van der Waals surface area (Å²) in [7, 11) is 6.70. The number of hydrogen-bond donors (Lipinski definition) is 2. The van der Waals surface area contributed by atoms with E-state index >= 15 is 0 Å². The first-order valence-electron chi connectivity index (χ1n) is 8.94. The van der Waals surface area contributed by atoms with Crippen molar-refractivity contribution in [3.8, 4) is 11.5 Å². The van der Waals surface area contributed by atoms with E-state index in [1.165, 1.54) is 9.78 Å². The summed E-state index contributed by atoms with van der Waals surface area (Å²) in [5.74, 6) is 1.99. The Hall–Kier alpha value is -2.01. The highest BCUT2D eigenvalue weighted by atomic mass is 127. The molecule has 1 aromatic heterocycles. The van der Waals surface area contributed by atoms with Crippen LogP contribution in [0.5, 0.6) is 11.5 Å². The van der Waals surface area contributed by atoms with Gasteiger partial charge in [-0.25, -0.2) is 4.99 Å². The zero-order valence-corrected chi connectivity index (χ0v) is 20.5. The second kappa shape index (κ2) is 12.5. The number of ether oxygens (including phenoxy) is 2. The van der Waals surface area contributed by atoms with Crippen molar-refractivity contribution in [2.24, 2.45) is 4.99 Å². The number of carbonyl (C=O) groups is 1. The van der Waals surface area contributed by atoms with Crippen molar-refractivity contribution in [2.45, 2.75) is 19.5 Å². The number of hydrogen-bond acceptors (Lipinski definition) is 5. The third kappa shape index (κ3) is 7.73. The summed E-state index contributed by atoms with van der Waals surface area (Å²) in [5.41, 5.74) is 0.936. The average molecular weight is 532 g/mol. The van der Waals surface area contributed by atoms with Crippen LogP contribution >= 0.6 is 35.3 Å². The van der Waals surface area contributed by atoms with E-state index in [1.807, 2.05) is 36.6 Å². The Labute approximate surface area is 193 Å². The molecule has 0 radical (unpaired) electrons. The van der Waals surface area contributed by atoms with Crippen LogP contribution in [0, 0.1) is 0 Å². The van der Waals surface area contributed by atoms with Crippen molar-refractivity contribution in [3.05, 3.63) is 46.2 Å². The predicted octanol–water partition coefficient (Wildman–Crippen LogP) is 3.27. The van der Waals surface area contributed by atoms with Crippen LogP contribution in [0.15, 0.2) is 40.7 Å². The monoisotopic (exact) mass is 532 g/mol. The van der Waals surface area contributed by atoms with Crippen molar-refractivity contribution >= 4 is 47.2 Å². The fourth-order valence-electron chi connectivity index (χ4n) is 2.49. The Morgan fingerprint density at radius 3 is 2.59 bits per heavy atom. The zero-order valence-electron chi connectivity index (χ0n) is 17.4. The van der Waals surface area contributed by atoms with Crippen LogP contribution in [-0.4, -0.2) is 51.6 Å². The molecule has 1 aromatic carbocycles. The van der Waals surface area contributed by atoms with Gasteiger partial charge in [-0.15, -0.1) is 35.3 Å². The highest BCUT2D eigenvalue weighted by Crippen LogP contribution is 2.29. The van der Waals surface area contributed by atoms with Crippen molar-refractivity contribution in [1.82, 2.24) is 15.5 Å². The number of benzene rings is 1. The van der Waals surface area contributed by atoms with E-state index in [0.717, 1.165) is 17.1 Å². The SMILES string of the molecule is COc1ccc(OC)c(C(C)NC(=NCC(=O)N(C)C)NCc2cccs2)c1.I. The minimum absolute atomic E-state index is 0. The molecule has 0 bridgehead atoms. The fraction of sp³-hybridized carbons (Fsp3) is 0.400. The quantitative estimate of drug-likeness (QED) is 0.310. The molecule has 29 heavy (non-hydrogen) atoms. The number of guanidine groups is 1. The summed E-state index contributed by atoms with van der Waals surface area (Å²) in [5, 5.41) is 8.67. The van der Waals surface area contributed by atoms with E-state index in [2.05, 4.69) is 21.7 Å². The number of aliphatic imine (C=N–C) groups is 1. The summed E-state index contributed by atoms with van der Waals surface area (Å²) < 4.78 is 10.8. The summed E-state index contributed by atoms with van der Waals surface area (Å²) in [4.78, 5) is 19.1. The summed E-state index contributed by atoms with van der Waals surface area (Å²) in [6, 6.07) is 9.60. The van der Waals surface area contributed by atoms with Gasteiger partial charge in [-0.1, -0.05) is 6.07 Å². The molecule has 2 rings (SSSR count). The molecule has 9 heteroatoms. The minimum atomic E-state index is -0.117. The lowest BCUT2D eigenvalue weighted by Gasteiger charge is -2.21. The van der Waals surface area contributed by atoms with Gasteiger partial charge >= 0.3 is 0 Å². The maximum Gasteiger partial charge on any atom is 0.243 e. The van der Waals surface area contributed by atoms with Gasteiger partial charge < -0.3 is 25.0 Å². The van der Waals surface area contributed by atoms with E-state index in [0.29, 0.717) is 12.5 Å². The number of rotatable bonds is 8. The number of methoxy groups -OCH3 is 2. The number of nitrogens with one attached hydrogen (secondary N) is 2. The topological polar surface area (TPSA) is 75.2 Å². The van der Waals surface area contributed by atoms with Crippen LogP contribution in [-0.2, 0) is 11.3 Å². The second-order valence-electron chi connectivity index (χ2n) is 6.36. The molecule has 2 N–H and O–H groups in total. The molecule has 0 spiro atoms. The maximum atomic E-state index is 11.9. The summed E-state index contributed by atoms with van der Waals surface area (Å²) in [6.45, 7) is 2.70. The molecule has 2 aromatic rings. The van der Waals surface area contributed by atoms with Gasteiger partial charge in [0.1, 0.15) is 18.0 Å². The van der Waals surface area contributed by atoms with Crippen LogP contribution < -0.4 is 20.1 Å². The van der Waals surface area contributed by atoms with Gasteiger partial charge in [0.25, 0.3) is 0 Å². The van der Waals surface area contributed by atoms with Gasteiger partial charge in [-0.3, -0.25) is 4.79 Å². The van der Waals surface area contributed by atoms with E-state index in [4.69, 9.17) is 9.47 Å². The molecule has 1 amide bonds. The number of amides is 1. The fourth-order valence-corrected chi connectivity index (χ4v) is 3.13. The smallest absolute Gasteiger partial charge is 0.243 e. The van der Waals surface area contributed by atoms with E-state index < -0.39 is 0 Å². The molecule has 0 aliphatic rings. The third-order valence-corrected chi connectivity index (χ3v) is 5.01. The van der Waals surface area contributed by atoms with E-state index in [1.54, 1.807) is 39.7 Å². The molecule has 0 aliphatic carbocycles. The number of carbonyl (C=O) groups excluding carboxylic acids is 1. The van der Waals surface area contributed by atoms with Gasteiger partial charge in [0.15, 0.2) is 5.96 Å². The maximum absolute atomic E-state index is 11.9. The number of halogens is 1. The molecule has 1 heterocycles. The van der Waals surface area contributed by atoms with Crippen LogP contribution in [0.4, 0.5) is 0 Å². The Bertz CT molecular complexity index is 797. The van der Waals surface area contributed by atoms with E-state index in [9.17, 15) is 4.79 Å². The molecule has 160 valence electrons. The Morgan fingerprint density at radius 1 is 1.24 bits per heavy atom. The van der Waals surface area contributed by atoms with Gasteiger partial charge in [-0.2, -0.15) is 0 Å². The van der Waals surface area contributed by atoms with Crippen LogP contribution in [0.1, 0.15) is 23.4 Å².